The van der Waals surface area contributed by atoms with Gasteiger partial charge in [-0.3, -0.25) is 0 Å². The summed E-state index contributed by atoms with van der Waals surface area (Å²) in [7, 11) is 0. The predicted molar refractivity (Wildman–Crippen MR) is 115 cm³/mol. The highest BCUT2D eigenvalue weighted by Gasteiger charge is 2.20. The number of urea groups is 1. The zero-order valence-electron chi connectivity index (χ0n) is 17.1. The lowest BCUT2D eigenvalue weighted by molar-refractivity contribution is 0.173. The standard InChI is InChI=1S/C24H21FN2O5/c25-18-3-1-2-4-19(18)27-24(28)26-17(9-15-5-7-20-22(11-15)31-13-29-20)10-16-6-8-21-23(12-16)32-14-30-21/h1-8,11-12,17H,9-10,13-14H2,(H2,26,27,28). The lowest BCUT2D eigenvalue weighted by atomic mass is 9.98. The molecule has 2 amide bonds. The molecule has 8 heteroatoms. The molecule has 2 N–H and O–H groups in total. The van der Waals surface area contributed by atoms with Crippen LogP contribution < -0.4 is 29.6 Å². The molecule has 0 unspecified atom stereocenters. The number of carbonyl (C=O) groups excluding carboxylic acids is 1. The second-order valence-electron chi connectivity index (χ2n) is 7.56. The second kappa shape index (κ2) is 8.66. The molecule has 0 aliphatic carbocycles. The number of benzene rings is 3. The molecule has 0 aromatic heterocycles. The minimum absolute atomic E-state index is 0.120. The molecule has 2 aliphatic heterocycles. The maximum Gasteiger partial charge on any atom is 0.319 e. The summed E-state index contributed by atoms with van der Waals surface area (Å²) in [4.78, 5) is 12.7. The number of anilines is 1. The fourth-order valence-corrected chi connectivity index (χ4v) is 3.79. The molecule has 3 aromatic rings. The number of nitrogens with one attached hydrogen (secondary N) is 2. The number of carbonyl (C=O) groups is 1. The molecule has 7 nitrogen and oxygen atoms in total. The molecule has 32 heavy (non-hydrogen) atoms. The predicted octanol–water partition coefficient (Wildman–Crippen LogP) is 4.26. The third kappa shape index (κ3) is 4.39. The van der Waals surface area contributed by atoms with Gasteiger partial charge in [0, 0.05) is 6.04 Å². The van der Waals surface area contributed by atoms with E-state index in [9.17, 15) is 9.18 Å². The number of amides is 2. The average molecular weight is 436 g/mol. The number of hydrogen-bond donors (Lipinski definition) is 2. The van der Waals surface area contributed by atoms with Gasteiger partial charge in [-0.25, -0.2) is 9.18 Å². The van der Waals surface area contributed by atoms with Gasteiger partial charge in [0.2, 0.25) is 13.6 Å². The molecule has 0 saturated carbocycles. The monoisotopic (exact) mass is 436 g/mol. The summed E-state index contributed by atoms with van der Waals surface area (Å²) in [5, 5.41) is 5.55. The second-order valence-corrected chi connectivity index (χ2v) is 7.56. The van der Waals surface area contributed by atoms with Crippen LogP contribution in [0.4, 0.5) is 14.9 Å². The van der Waals surface area contributed by atoms with E-state index in [1.807, 2.05) is 36.4 Å². The number of fused-ring (bicyclic) bond motifs is 2. The van der Waals surface area contributed by atoms with E-state index < -0.39 is 11.8 Å². The summed E-state index contributed by atoms with van der Waals surface area (Å²) < 4.78 is 35.6. The van der Waals surface area contributed by atoms with Crippen LogP contribution in [-0.4, -0.2) is 25.7 Å². The maximum atomic E-state index is 13.9. The molecular weight excluding hydrogens is 415 g/mol. The van der Waals surface area contributed by atoms with Crippen molar-refractivity contribution in [3.05, 3.63) is 77.6 Å². The highest BCUT2D eigenvalue weighted by molar-refractivity contribution is 5.89. The van der Waals surface area contributed by atoms with Crippen molar-refractivity contribution in [3.63, 3.8) is 0 Å². The number of hydrogen-bond acceptors (Lipinski definition) is 5. The molecule has 0 bridgehead atoms. The van der Waals surface area contributed by atoms with Crippen LogP contribution in [0.5, 0.6) is 23.0 Å². The first kappa shape index (κ1) is 20.0. The minimum Gasteiger partial charge on any atom is -0.454 e. The van der Waals surface area contributed by atoms with Crippen LogP contribution in [0.25, 0.3) is 0 Å². The SMILES string of the molecule is O=C(Nc1ccccc1F)NC(Cc1ccc2c(c1)OCO2)Cc1ccc2c(c1)OCO2. The third-order valence-corrected chi connectivity index (χ3v) is 5.30. The van der Waals surface area contributed by atoms with E-state index >= 15 is 0 Å². The van der Waals surface area contributed by atoms with Gasteiger partial charge in [0.1, 0.15) is 5.82 Å². The lowest BCUT2D eigenvalue weighted by Gasteiger charge is -2.20. The average Bonchev–Trinajstić information content (AvgIpc) is 3.43. The number of halogens is 1. The van der Waals surface area contributed by atoms with Crippen LogP contribution >= 0.6 is 0 Å². The molecule has 2 heterocycles. The fraction of sp³-hybridized carbons (Fsp3) is 0.208. The quantitative estimate of drug-likeness (QED) is 0.604. The van der Waals surface area contributed by atoms with Gasteiger partial charge < -0.3 is 29.6 Å². The van der Waals surface area contributed by atoms with E-state index in [4.69, 9.17) is 18.9 Å². The lowest BCUT2D eigenvalue weighted by Crippen LogP contribution is -2.40. The van der Waals surface area contributed by atoms with Crippen LogP contribution in [0.15, 0.2) is 60.7 Å². The summed E-state index contributed by atoms with van der Waals surface area (Å²) >= 11 is 0. The maximum absolute atomic E-state index is 13.9. The molecule has 0 fully saturated rings. The Morgan fingerprint density at radius 3 is 1.97 bits per heavy atom. The molecule has 2 aliphatic rings. The van der Waals surface area contributed by atoms with E-state index in [2.05, 4.69) is 10.6 Å². The van der Waals surface area contributed by atoms with Crippen LogP contribution in [0.3, 0.4) is 0 Å². The first-order valence-corrected chi connectivity index (χ1v) is 10.2. The van der Waals surface area contributed by atoms with Gasteiger partial charge in [0.05, 0.1) is 5.69 Å². The normalized spacial score (nSPS) is 13.3. The Labute approximate surface area is 184 Å². The Morgan fingerprint density at radius 2 is 1.38 bits per heavy atom. The summed E-state index contributed by atoms with van der Waals surface area (Å²) in [6, 6.07) is 16.7. The Balaban J connectivity index is 1.34. The van der Waals surface area contributed by atoms with Crippen molar-refractivity contribution in [2.75, 3.05) is 18.9 Å². The first-order valence-electron chi connectivity index (χ1n) is 10.2. The molecule has 3 aromatic carbocycles. The molecule has 164 valence electrons. The van der Waals surface area contributed by atoms with Crippen molar-refractivity contribution in [1.82, 2.24) is 5.32 Å². The van der Waals surface area contributed by atoms with E-state index in [0.29, 0.717) is 35.8 Å². The highest BCUT2D eigenvalue weighted by Crippen LogP contribution is 2.34. The molecule has 0 spiro atoms. The zero-order chi connectivity index (χ0) is 21.9. The third-order valence-electron chi connectivity index (χ3n) is 5.30. The largest absolute Gasteiger partial charge is 0.454 e. The van der Waals surface area contributed by atoms with Crippen LogP contribution in [-0.2, 0) is 12.8 Å². The van der Waals surface area contributed by atoms with Gasteiger partial charge in [0.15, 0.2) is 23.0 Å². The van der Waals surface area contributed by atoms with Gasteiger partial charge in [-0.05, 0) is 60.4 Å². The van der Waals surface area contributed by atoms with E-state index in [-0.39, 0.29) is 25.3 Å². The summed E-state index contributed by atoms with van der Waals surface area (Å²) in [6.07, 6.45) is 1.07. The van der Waals surface area contributed by atoms with E-state index in [1.165, 1.54) is 12.1 Å². The molecule has 0 radical (unpaired) electrons. The van der Waals surface area contributed by atoms with Crippen molar-refractivity contribution in [2.24, 2.45) is 0 Å². The molecule has 0 saturated heterocycles. The smallest absolute Gasteiger partial charge is 0.319 e. The van der Waals surface area contributed by atoms with Gasteiger partial charge >= 0.3 is 6.03 Å². The molecular formula is C24H21FN2O5. The highest BCUT2D eigenvalue weighted by atomic mass is 19.1. The zero-order valence-corrected chi connectivity index (χ0v) is 17.1. The Morgan fingerprint density at radius 1 is 0.812 bits per heavy atom. The van der Waals surface area contributed by atoms with Gasteiger partial charge in [-0.15, -0.1) is 0 Å². The van der Waals surface area contributed by atoms with Crippen molar-refractivity contribution in [1.29, 1.82) is 0 Å². The Hall–Kier alpha value is -3.94. The van der Waals surface area contributed by atoms with Gasteiger partial charge in [0.25, 0.3) is 0 Å². The van der Waals surface area contributed by atoms with Crippen molar-refractivity contribution in [3.8, 4) is 23.0 Å². The Kier molecular flexibility index (Phi) is 5.41. The molecule has 5 rings (SSSR count). The van der Waals surface area contributed by atoms with E-state index in [0.717, 1.165) is 11.1 Å². The van der Waals surface area contributed by atoms with Crippen LogP contribution in [0, 0.1) is 5.82 Å². The first-order chi connectivity index (χ1) is 15.6. The summed E-state index contributed by atoms with van der Waals surface area (Å²) in [5.74, 6) is 2.27. The number of para-hydroxylation sites is 1. The van der Waals surface area contributed by atoms with Gasteiger partial charge in [-0.2, -0.15) is 0 Å². The minimum atomic E-state index is -0.495. The van der Waals surface area contributed by atoms with Crippen molar-refractivity contribution in [2.45, 2.75) is 18.9 Å². The van der Waals surface area contributed by atoms with Crippen LogP contribution in [0.2, 0.25) is 0 Å². The summed E-state index contributed by atoms with van der Waals surface area (Å²) in [6.45, 7) is 0.394. The van der Waals surface area contributed by atoms with Gasteiger partial charge in [-0.1, -0.05) is 24.3 Å². The van der Waals surface area contributed by atoms with E-state index in [1.54, 1.807) is 12.1 Å². The fourth-order valence-electron chi connectivity index (χ4n) is 3.79. The number of rotatable bonds is 6. The topological polar surface area (TPSA) is 78.1 Å². The van der Waals surface area contributed by atoms with Crippen molar-refractivity contribution >= 4 is 11.7 Å². The molecule has 0 atom stereocenters. The number of ether oxygens (including phenoxy) is 4. The summed E-state index contributed by atoms with van der Waals surface area (Å²) in [5.41, 5.74) is 2.08. The van der Waals surface area contributed by atoms with Crippen molar-refractivity contribution < 1.29 is 28.1 Å². The van der Waals surface area contributed by atoms with Crippen LogP contribution in [0.1, 0.15) is 11.1 Å². The Bertz CT molecular complexity index is 1090.